The number of aromatic nitrogens is 4. The Labute approximate surface area is 173 Å². The third kappa shape index (κ3) is 3.96. The second kappa shape index (κ2) is 7.83. The zero-order chi connectivity index (χ0) is 19.6. The van der Waals surface area contributed by atoms with Gasteiger partial charge in [-0.1, -0.05) is 30.6 Å². The van der Waals surface area contributed by atoms with Crippen LogP contribution in [0.1, 0.15) is 32.1 Å². The number of aryl methyl sites for hydroxylation is 1. The molecule has 1 saturated carbocycles. The molecule has 3 aromatic heterocycles. The van der Waals surface area contributed by atoms with Gasteiger partial charge in [0.15, 0.2) is 5.13 Å². The van der Waals surface area contributed by atoms with E-state index in [4.69, 9.17) is 9.72 Å². The first-order valence-corrected chi connectivity index (χ1v) is 10.8. The predicted molar refractivity (Wildman–Crippen MR) is 117 cm³/mol. The lowest BCUT2D eigenvalue weighted by Gasteiger charge is -2.22. The minimum atomic E-state index is 0.558. The van der Waals surface area contributed by atoms with Crippen molar-refractivity contribution in [2.24, 2.45) is 7.05 Å². The largest absolute Gasteiger partial charge is 0.457 e. The Morgan fingerprint density at radius 1 is 1.10 bits per heavy atom. The normalized spacial score (nSPS) is 14.9. The number of pyridine rings is 1. The van der Waals surface area contributed by atoms with Crippen LogP contribution in [-0.2, 0) is 7.05 Å². The molecule has 7 heteroatoms. The van der Waals surface area contributed by atoms with Gasteiger partial charge in [-0.3, -0.25) is 4.98 Å². The van der Waals surface area contributed by atoms with Crippen LogP contribution in [-0.4, -0.2) is 25.6 Å². The average molecular weight is 406 g/mol. The molecule has 1 N–H and O–H groups in total. The number of hydrogen-bond acceptors (Lipinski definition) is 6. The summed E-state index contributed by atoms with van der Waals surface area (Å²) in [6, 6.07) is 10.4. The standard InChI is InChI=1S/C22H23N5OS/c1-27-14-23-13-20(27)19-11-17(9-10-24-19)28-16-7-8-18-21(12-16)29-22(26-18)25-15-5-3-2-4-6-15/h7-15H,2-6H2,1H3,(H,25,26). The maximum Gasteiger partial charge on any atom is 0.184 e. The van der Waals surface area contributed by atoms with E-state index in [1.165, 1.54) is 32.1 Å². The molecule has 29 heavy (non-hydrogen) atoms. The molecule has 1 aliphatic rings. The van der Waals surface area contributed by atoms with Gasteiger partial charge in [-0.05, 0) is 31.0 Å². The molecule has 0 aliphatic heterocycles. The third-order valence-electron chi connectivity index (χ3n) is 5.34. The van der Waals surface area contributed by atoms with Crippen LogP contribution in [0.3, 0.4) is 0 Å². The molecule has 0 atom stereocenters. The summed E-state index contributed by atoms with van der Waals surface area (Å²) in [6.07, 6.45) is 11.8. The quantitative estimate of drug-likeness (QED) is 0.466. The van der Waals surface area contributed by atoms with Crippen LogP contribution in [0, 0.1) is 0 Å². The molecule has 5 rings (SSSR count). The summed E-state index contributed by atoms with van der Waals surface area (Å²) in [5.41, 5.74) is 2.79. The molecule has 3 heterocycles. The van der Waals surface area contributed by atoms with Crippen LogP contribution < -0.4 is 10.1 Å². The fourth-order valence-corrected chi connectivity index (χ4v) is 4.78. The maximum absolute atomic E-state index is 6.11. The summed E-state index contributed by atoms with van der Waals surface area (Å²) >= 11 is 1.69. The van der Waals surface area contributed by atoms with Crippen molar-refractivity contribution in [1.29, 1.82) is 0 Å². The number of nitrogens with one attached hydrogen (secondary N) is 1. The Morgan fingerprint density at radius 3 is 2.79 bits per heavy atom. The molecule has 0 amide bonds. The molecule has 4 aromatic rings. The molecule has 0 unspecified atom stereocenters. The summed E-state index contributed by atoms with van der Waals surface area (Å²) in [5.74, 6) is 1.55. The molecular formula is C22H23N5OS. The molecule has 0 bridgehead atoms. The third-order valence-corrected chi connectivity index (χ3v) is 6.29. The highest BCUT2D eigenvalue weighted by atomic mass is 32.1. The van der Waals surface area contributed by atoms with E-state index in [-0.39, 0.29) is 0 Å². The van der Waals surface area contributed by atoms with Crippen LogP contribution in [0.5, 0.6) is 11.5 Å². The highest BCUT2D eigenvalue weighted by molar-refractivity contribution is 7.22. The van der Waals surface area contributed by atoms with Gasteiger partial charge in [-0.2, -0.15) is 0 Å². The molecular weight excluding hydrogens is 382 g/mol. The van der Waals surface area contributed by atoms with Crippen molar-refractivity contribution in [2.45, 2.75) is 38.1 Å². The first kappa shape index (κ1) is 18.1. The SMILES string of the molecule is Cn1cncc1-c1cc(Oc2ccc3nc(NC4CCCCC4)sc3c2)ccn1. The van der Waals surface area contributed by atoms with E-state index in [1.807, 2.05) is 35.9 Å². The number of imidazole rings is 1. The second-order valence-electron chi connectivity index (χ2n) is 7.50. The first-order chi connectivity index (χ1) is 14.2. The highest BCUT2D eigenvalue weighted by Crippen LogP contribution is 2.33. The Morgan fingerprint density at radius 2 is 1.97 bits per heavy atom. The zero-order valence-corrected chi connectivity index (χ0v) is 17.2. The molecule has 0 saturated heterocycles. The van der Waals surface area contributed by atoms with Gasteiger partial charge in [0.2, 0.25) is 0 Å². The van der Waals surface area contributed by atoms with Crippen molar-refractivity contribution >= 4 is 26.7 Å². The lowest BCUT2D eigenvalue weighted by molar-refractivity contribution is 0.462. The van der Waals surface area contributed by atoms with Gasteiger partial charge in [0, 0.05) is 31.4 Å². The number of anilines is 1. The van der Waals surface area contributed by atoms with Crippen LogP contribution in [0.2, 0.25) is 0 Å². The van der Waals surface area contributed by atoms with E-state index >= 15 is 0 Å². The smallest absolute Gasteiger partial charge is 0.184 e. The summed E-state index contributed by atoms with van der Waals surface area (Å²) in [6.45, 7) is 0. The molecule has 148 valence electrons. The fourth-order valence-electron chi connectivity index (χ4n) is 3.81. The van der Waals surface area contributed by atoms with Crippen LogP contribution in [0.15, 0.2) is 49.1 Å². The van der Waals surface area contributed by atoms with Crippen LogP contribution >= 0.6 is 11.3 Å². The minimum absolute atomic E-state index is 0.558. The van der Waals surface area contributed by atoms with Gasteiger partial charge < -0.3 is 14.6 Å². The maximum atomic E-state index is 6.11. The molecule has 1 aliphatic carbocycles. The van der Waals surface area contributed by atoms with Gasteiger partial charge in [-0.15, -0.1) is 0 Å². The predicted octanol–water partition coefficient (Wildman–Crippen LogP) is 5.63. The van der Waals surface area contributed by atoms with Gasteiger partial charge in [0.05, 0.1) is 34.1 Å². The van der Waals surface area contributed by atoms with E-state index in [0.29, 0.717) is 6.04 Å². The summed E-state index contributed by atoms with van der Waals surface area (Å²) in [5, 5.41) is 4.62. The molecule has 6 nitrogen and oxygen atoms in total. The van der Waals surface area contributed by atoms with Crippen molar-refractivity contribution in [3.63, 3.8) is 0 Å². The number of thiazole rings is 1. The Hall–Kier alpha value is -2.93. The van der Waals surface area contributed by atoms with Crippen molar-refractivity contribution in [1.82, 2.24) is 19.5 Å². The van der Waals surface area contributed by atoms with Crippen LogP contribution in [0.4, 0.5) is 5.13 Å². The minimum Gasteiger partial charge on any atom is -0.457 e. The Kier molecular flexibility index (Phi) is 4.89. The van der Waals surface area contributed by atoms with Crippen molar-refractivity contribution in [3.8, 4) is 22.9 Å². The van der Waals surface area contributed by atoms with Gasteiger partial charge >= 0.3 is 0 Å². The Bertz CT molecular complexity index is 1130. The van der Waals surface area contributed by atoms with E-state index in [2.05, 4.69) is 21.4 Å². The van der Waals surface area contributed by atoms with E-state index in [1.54, 1.807) is 30.1 Å². The van der Waals surface area contributed by atoms with Crippen molar-refractivity contribution in [2.75, 3.05) is 5.32 Å². The fraction of sp³-hybridized carbons (Fsp3) is 0.318. The summed E-state index contributed by atoms with van der Waals surface area (Å²) < 4.78 is 9.18. The van der Waals surface area contributed by atoms with E-state index < -0.39 is 0 Å². The van der Waals surface area contributed by atoms with Gasteiger partial charge in [-0.25, -0.2) is 9.97 Å². The number of nitrogens with zero attached hydrogens (tertiary/aromatic N) is 4. The molecule has 0 radical (unpaired) electrons. The number of hydrogen-bond donors (Lipinski definition) is 1. The molecule has 1 fully saturated rings. The lowest BCUT2D eigenvalue weighted by Crippen LogP contribution is -2.21. The van der Waals surface area contributed by atoms with Crippen LogP contribution in [0.25, 0.3) is 21.6 Å². The van der Waals surface area contributed by atoms with Gasteiger partial charge in [0.1, 0.15) is 11.5 Å². The topological polar surface area (TPSA) is 64.9 Å². The van der Waals surface area contributed by atoms with Gasteiger partial charge in [0.25, 0.3) is 0 Å². The molecule has 1 aromatic carbocycles. The van der Waals surface area contributed by atoms with Crippen molar-refractivity contribution < 1.29 is 4.74 Å². The average Bonchev–Trinajstić information content (AvgIpc) is 3.34. The number of rotatable bonds is 5. The number of benzene rings is 1. The highest BCUT2D eigenvalue weighted by Gasteiger charge is 2.15. The van der Waals surface area contributed by atoms with Crippen molar-refractivity contribution in [3.05, 3.63) is 49.1 Å². The Balaban J connectivity index is 1.35. The van der Waals surface area contributed by atoms with E-state index in [0.717, 1.165) is 38.2 Å². The zero-order valence-electron chi connectivity index (χ0n) is 16.3. The monoisotopic (exact) mass is 405 g/mol. The van der Waals surface area contributed by atoms with E-state index in [9.17, 15) is 0 Å². The summed E-state index contributed by atoms with van der Waals surface area (Å²) in [4.78, 5) is 13.3. The number of ether oxygens (including phenoxy) is 1. The number of fused-ring (bicyclic) bond motifs is 1. The summed E-state index contributed by atoms with van der Waals surface area (Å²) in [7, 11) is 1.95. The molecule has 0 spiro atoms. The first-order valence-electron chi connectivity index (χ1n) is 10.0. The second-order valence-corrected chi connectivity index (χ2v) is 8.53. The lowest BCUT2D eigenvalue weighted by atomic mass is 9.96.